The fourth-order valence-electron chi connectivity index (χ4n) is 1.87. The van der Waals surface area contributed by atoms with Crippen molar-refractivity contribution in [1.29, 1.82) is 0 Å². The monoisotopic (exact) mass is 207 g/mol. The lowest BCUT2D eigenvalue weighted by Gasteiger charge is -2.26. The summed E-state index contributed by atoms with van der Waals surface area (Å²) < 4.78 is 2.26. The molecule has 0 radical (unpaired) electrons. The van der Waals surface area contributed by atoms with Gasteiger partial charge in [0.15, 0.2) is 0 Å². The normalized spacial score (nSPS) is 16.7. The third-order valence-electron chi connectivity index (χ3n) is 3.06. The van der Waals surface area contributed by atoms with Gasteiger partial charge in [0.2, 0.25) is 5.95 Å². The van der Waals surface area contributed by atoms with E-state index in [0.29, 0.717) is 5.92 Å². The summed E-state index contributed by atoms with van der Waals surface area (Å²) in [5.74, 6) is 2.59. The summed E-state index contributed by atoms with van der Waals surface area (Å²) in [6.45, 7) is 6.57. The van der Waals surface area contributed by atoms with Gasteiger partial charge in [-0.2, -0.15) is 0 Å². The molecule has 84 valence electrons. The maximum absolute atomic E-state index is 4.35. The molecule has 3 heteroatoms. The van der Waals surface area contributed by atoms with Gasteiger partial charge in [-0.05, 0) is 24.7 Å². The number of aromatic nitrogens is 2. The molecule has 1 heterocycles. The second kappa shape index (κ2) is 4.69. The third-order valence-corrected chi connectivity index (χ3v) is 3.06. The number of nitrogens with zero attached hydrogens (tertiary/aromatic N) is 2. The zero-order chi connectivity index (χ0) is 10.7. The maximum atomic E-state index is 4.35. The van der Waals surface area contributed by atoms with Gasteiger partial charge in [0.25, 0.3) is 0 Å². The average Bonchev–Trinajstić information content (AvgIpc) is 2.55. The van der Waals surface area contributed by atoms with Crippen molar-refractivity contribution in [3.63, 3.8) is 0 Å². The predicted molar refractivity (Wildman–Crippen MR) is 62.9 cm³/mol. The first-order valence-corrected chi connectivity index (χ1v) is 6.00. The van der Waals surface area contributed by atoms with Crippen LogP contribution in [0.15, 0.2) is 12.4 Å². The zero-order valence-corrected chi connectivity index (χ0v) is 9.74. The van der Waals surface area contributed by atoms with Gasteiger partial charge < -0.3 is 9.88 Å². The Morgan fingerprint density at radius 1 is 1.53 bits per heavy atom. The van der Waals surface area contributed by atoms with E-state index in [0.717, 1.165) is 25.0 Å². The molecule has 1 aromatic rings. The Morgan fingerprint density at radius 2 is 2.33 bits per heavy atom. The third kappa shape index (κ3) is 2.74. The maximum Gasteiger partial charge on any atom is 0.202 e. The molecule has 1 aliphatic carbocycles. The van der Waals surface area contributed by atoms with Crippen molar-refractivity contribution < 1.29 is 0 Å². The molecule has 1 aliphatic rings. The van der Waals surface area contributed by atoms with Crippen LogP contribution in [0, 0.1) is 11.8 Å². The molecule has 3 nitrogen and oxygen atoms in total. The Kier molecular flexibility index (Phi) is 3.29. The van der Waals surface area contributed by atoms with Crippen molar-refractivity contribution in [3.05, 3.63) is 12.4 Å². The first-order valence-electron chi connectivity index (χ1n) is 6.00. The van der Waals surface area contributed by atoms with Crippen molar-refractivity contribution in [3.8, 4) is 0 Å². The van der Waals surface area contributed by atoms with E-state index >= 15 is 0 Å². The first-order chi connectivity index (χ1) is 7.25. The molecule has 15 heavy (non-hydrogen) atoms. The molecular weight excluding hydrogens is 186 g/mol. The van der Waals surface area contributed by atoms with Gasteiger partial charge in [0.05, 0.1) is 0 Å². The second-order valence-electron chi connectivity index (χ2n) is 4.97. The lowest BCUT2D eigenvalue weighted by Crippen LogP contribution is -2.20. The van der Waals surface area contributed by atoms with Crippen LogP contribution >= 0.6 is 0 Å². The predicted octanol–water partition coefficient (Wildman–Crippen LogP) is 2.75. The highest BCUT2D eigenvalue weighted by Gasteiger charge is 2.18. The minimum Gasteiger partial charge on any atom is -0.355 e. The molecule has 1 saturated carbocycles. The summed E-state index contributed by atoms with van der Waals surface area (Å²) in [5, 5.41) is 3.40. The van der Waals surface area contributed by atoms with Gasteiger partial charge in [-0.1, -0.05) is 20.3 Å². The van der Waals surface area contributed by atoms with E-state index in [1.807, 2.05) is 6.20 Å². The molecule has 2 rings (SSSR count). The Balaban J connectivity index is 1.89. The van der Waals surface area contributed by atoms with Gasteiger partial charge >= 0.3 is 0 Å². The topological polar surface area (TPSA) is 29.9 Å². The second-order valence-corrected chi connectivity index (χ2v) is 4.97. The van der Waals surface area contributed by atoms with Gasteiger partial charge in [-0.3, -0.25) is 0 Å². The summed E-state index contributed by atoms with van der Waals surface area (Å²) >= 11 is 0. The van der Waals surface area contributed by atoms with E-state index in [-0.39, 0.29) is 0 Å². The van der Waals surface area contributed by atoms with E-state index in [2.05, 4.69) is 34.9 Å². The van der Waals surface area contributed by atoms with Gasteiger partial charge in [-0.15, -0.1) is 0 Å². The van der Waals surface area contributed by atoms with Crippen LogP contribution in [0.25, 0.3) is 0 Å². The van der Waals surface area contributed by atoms with Gasteiger partial charge in [-0.25, -0.2) is 4.98 Å². The van der Waals surface area contributed by atoms with Crippen molar-refractivity contribution in [2.75, 3.05) is 11.9 Å². The van der Waals surface area contributed by atoms with Crippen molar-refractivity contribution in [2.45, 2.75) is 39.7 Å². The summed E-state index contributed by atoms with van der Waals surface area (Å²) in [6, 6.07) is 0. The van der Waals surface area contributed by atoms with Crippen LogP contribution in [-0.4, -0.2) is 16.1 Å². The van der Waals surface area contributed by atoms with E-state index < -0.39 is 0 Å². The largest absolute Gasteiger partial charge is 0.355 e. The van der Waals surface area contributed by atoms with Gasteiger partial charge in [0, 0.05) is 25.5 Å². The molecular formula is C12H21N3. The summed E-state index contributed by atoms with van der Waals surface area (Å²) in [4.78, 5) is 4.35. The van der Waals surface area contributed by atoms with E-state index in [1.165, 1.54) is 19.3 Å². The first kappa shape index (κ1) is 10.5. The van der Waals surface area contributed by atoms with E-state index in [4.69, 9.17) is 0 Å². The molecule has 0 spiro atoms. The molecule has 0 bridgehead atoms. The summed E-state index contributed by atoms with van der Waals surface area (Å²) in [7, 11) is 0. The van der Waals surface area contributed by atoms with Crippen LogP contribution in [0.1, 0.15) is 33.1 Å². The number of imidazole rings is 1. The number of hydrogen-bond donors (Lipinski definition) is 1. The molecule has 0 amide bonds. The lowest BCUT2D eigenvalue weighted by molar-refractivity contribution is 0.278. The number of anilines is 1. The number of hydrogen-bond acceptors (Lipinski definition) is 2. The molecule has 1 fully saturated rings. The number of nitrogens with one attached hydrogen (secondary N) is 1. The molecule has 1 aromatic heterocycles. The van der Waals surface area contributed by atoms with Crippen LogP contribution in [0.4, 0.5) is 5.95 Å². The minimum atomic E-state index is 0.666. The van der Waals surface area contributed by atoms with Crippen LogP contribution in [0.2, 0.25) is 0 Å². The molecule has 0 unspecified atom stereocenters. The average molecular weight is 207 g/mol. The Bertz CT molecular complexity index is 300. The van der Waals surface area contributed by atoms with Crippen molar-refractivity contribution >= 4 is 5.95 Å². The molecule has 0 atom stereocenters. The fraction of sp³-hybridized carbons (Fsp3) is 0.750. The van der Waals surface area contributed by atoms with Gasteiger partial charge in [0.1, 0.15) is 0 Å². The Labute approximate surface area is 91.9 Å². The quantitative estimate of drug-likeness (QED) is 0.804. The van der Waals surface area contributed by atoms with Crippen LogP contribution in [0.5, 0.6) is 0 Å². The Morgan fingerprint density at radius 3 is 2.93 bits per heavy atom. The van der Waals surface area contributed by atoms with Crippen LogP contribution < -0.4 is 5.32 Å². The summed E-state index contributed by atoms with van der Waals surface area (Å²) in [5.41, 5.74) is 0. The van der Waals surface area contributed by atoms with Crippen LogP contribution in [0.3, 0.4) is 0 Å². The fourth-order valence-corrected chi connectivity index (χ4v) is 1.87. The van der Waals surface area contributed by atoms with E-state index in [9.17, 15) is 0 Å². The molecule has 0 aromatic carbocycles. The molecule has 1 N–H and O–H groups in total. The van der Waals surface area contributed by atoms with Crippen molar-refractivity contribution in [2.24, 2.45) is 11.8 Å². The standard InChI is InChI=1S/C12H21N3/c1-10(2)8-14-12-13-6-7-15(12)9-11-4-3-5-11/h6-7,10-11H,3-5,8-9H2,1-2H3,(H,13,14). The van der Waals surface area contributed by atoms with E-state index in [1.54, 1.807) is 0 Å². The highest BCUT2D eigenvalue weighted by molar-refractivity contribution is 5.25. The van der Waals surface area contributed by atoms with Crippen molar-refractivity contribution in [1.82, 2.24) is 9.55 Å². The highest BCUT2D eigenvalue weighted by Crippen LogP contribution is 2.28. The number of rotatable bonds is 5. The minimum absolute atomic E-state index is 0.666. The zero-order valence-electron chi connectivity index (χ0n) is 9.74. The summed E-state index contributed by atoms with van der Waals surface area (Å²) in [6.07, 6.45) is 8.17. The Hall–Kier alpha value is -0.990. The highest BCUT2D eigenvalue weighted by atomic mass is 15.2. The smallest absolute Gasteiger partial charge is 0.202 e. The van der Waals surface area contributed by atoms with Crippen LogP contribution in [-0.2, 0) is 6.54 Å². The SMILES string of the molecule is CC(C)CNc1nccn1CC1CCC1. The molecule has 0 saturated heterocycles. The lowest BCUT2D eigenvalue weighted by atomic mass is 9.85. The molecule has 0 aliphatic heterocycles.